The van der Waals surface area contributed by atoms with Crippen LogP contribution < -0.4 is 14.8 Å². The molecule has 0 saturated carbocycles. The number of anilines is 1. The second-order valence-electron chi connectivity index (χ2n) is 4.17. The molecule has 0 saturated heterocycles. The smallest absolute Gasteiger partial charge is 0.174 e. The predicted octanol–water partition coefficient (Wildman–Crippen LogP) is 3.21. The number of nitriles is 1. The molecule has 2 aromatic rings. The van der Waals surface area contributed by atoms with Gasteiger partial charge in [0.1, 0.15) is 17.6 Å². The Bertz CT molecular complexity index is 571. The topological polar surface area (TPSA) is 54.3 Å². The molecule has 20 heavy (non-hydrogen) atoms. The van der Waals surface area contributed by atoms with Gasteiger partial charge in [0.15, 0.2) is 6.61 Å². The molecule has 0 amide bonds. The third kappa shape index (κ3) is 3.92. The van der Waals surface area contributed by atoms with E-state index < -0.39 is 0 Å². The fourth-order valence-electron chi connectivity index (χ4n) is 1.73. The number of methoxy groups -OCH3 is 1. The van der Waals surface area contributed by atoms with Crippen molar-refractivity contribution < 1.29 is 9.47 Å². The Morgan fingerprint density at radius 1 is 1.00 bits per heavy atom. The largest absolute Gasteiger partial charge is 0.497 e. The lowest BCUT2D eigenvalue weighted by Gasteiger charge is -2.08. The lowest BCUT2D eigenvalue weighted by molar-refractivity contribution is 0.368. The minimum atomic E-state index is 0.0681. The maximum Gasteiger partial charge on any atom is 0.174 e. The second-order valence-corrected chi connectivity index (χ2v) is 4.17. The number of nitrogens with zero attached hydrogens (tertiary/aromatic N) is 1. The second kappa shape index (κ2) is 7.05. The first-order valence-electron chi connectivity index (χ1n) is 6.28. The van der Waals surface area contributed by atoms with Crippen LogP contribution in [-0.4, -0.2) is 13.7 Å². The monoisotopic (exact) mass is 268 g/mol. The highest BCUT2D eigenvalue weighted by molar-refractivity contribution is 5.47. The van der Waals surface area contributed by atoms with Crippen LogP contribution in [0.2, 0.25) is 0 Å². The summed E-state index contributed by atoms with van der Waals surface area (Å²) in [5.41, 5.74) is 2.18. The van der Waals surface area contributed by atoms with Crippen LogP contribution in [0.25, 0.3) is 0 Å². The molecular formula is C16H16N2O2. The van der Waals surface area contributed by atoms with Crippen LogP contribution in [0.1, 0.15) is 5.56 Å². The van der Waals surface area contributed by atoms with Gasteiger partial charge in [0.25, 0.3) is 0 Å². The summed E-state index contributed by atoms with van der Waals surface area (Å²) in [6.07, 6.45) is 0. The zero-order valence-electron chi connectivity index (χ0n) is 11.3. The molecule has 0 aliphatic carbocycles. The molecule has 2 rings (SSSR count). The zero-order valence-corrected chi connectivity index (χ0v) is 11.3. The fourth-order valence-corrected chi connectivity index (χ4v) is 1.73. The number of hydrogen-bond acceptors (Lipinski definition) is 4. The highest BCUT2D eigenvalue weighted by Gasteiger charge is 1.97. The lowest BCUT2D eigenvalue weighted by atomic mass is 10.2. The van der Waals surface area contributed by atoms with E-state index in [1.54, 1.807) is 7.11 Å². The molecule has 1 N–H and O–H groups in total. The van der Waals surface area contributed by atoms with E-state index in [9.17, 15) is 0 Å². The van der Waals surface area contributed by atoms with E-state index >= 15 is 0 Å². The molecule has 4 heteroatoms. The van der Waals surface area contributed by atoms with E-state index in [2.05, 4.69) is 5.32 Å². The molecule has 0 fully saturated rings. The summed E-state index contributed by atoms with van der Waals surface area (Å²) < 4.78 is 10.3. The molecule has 4 nitrogen and oxygen atoms in total. The van der Waals surface area contributed by atoms with Gasteiger partial charge in [0.05, 0.1) is 7.11 Å². The van der Waals surface area contributed by atoms with E-state index in [0.29, 0.717) is 5.75 Å². The van der Waals surface area contributed by atoms with Crippen LogP contribution in [0, 0.1) is 11.3 Å². The Morgan fingerprint density at radius 3 is 2.25 bits per heavy atom. The number of hydrogen-bond donors (Lipinski definition) is 1. The van der Waals surface area contributed by atoms with Gasteiger partial charge in [-0.05, 0) is 42.0 Å². The number of benzene rings is 2. The molecule has 0 atom stereocenters. The molecule has 0 aliphatic rings. The SMILES string of the molecule is COc1ccc(CNc2ccc(OCC#N)cc2)cc1. The highest BCUT2D eigenvalue weighted by atomic mass is 16.5. The van der Waals surface area contributed by atoms with Crippen molar-refractivity contribution in [1.82, 2.24) is 0 Å². The van der Waals surface area contributed by atoms with Crippen molar-refractivity contribution in [1.29, 1.82) is 5.26 Å². The first kappa shape index (κ1) is 13.8. The van der Waals surface area contributed by atoms with Crippen molar-refractivity contribution in [2.45, 2.75) is 6.54 Å². The molecule has 0 radical (unpaired) electrons. The number of nitrogens with one attached hydrogen (secondary N) is 1. The summed E-state index contributed by atoms with van der Waals surface area (Å²) in [7, 11) is 1.66. The Morgan fingerprint density at radius 2 is 1.65 bits per heavy atom. The minimum absolute atomic E-state index is 0.0681. The summed E-state index contributed by atoms with van der Waals surface area (Å²) in [6.45, 7) is 0.807. The normalized spacial score (nSPS) is 9.60. The minimum Gasteiger partial charge on any atom is -0.497 e. The van der Waals surface area contributed by atoms with Crippen molar-refractivity contribution in [3.05, 3.63) is 54.1 Å². The molecule has 0 bridgehead atoms. The van der Waals surface area contributed by atoms with Crippen molar-refractivity contribution in [2.24, 2.45) is 0 Å². The van der Waals surface area contributed by atoms with Gasteiger partial charge in [-0.2, -0.15) is 5.26 Å². The lowest BCUT2D eigenvalue weighted by Crippen LogP contribution is -1.99. The summed E-state index contributed by atoms with van der Waals surface area (Å²) >= 11 is 0. The van der Waals surface area contributed by atoms with Crippen molar-refractivity contribution in [3.63, 3.8) is 0 Å². The van der Waals surface area contributed by atoms with Gasteiger partial charge in [-0.1, -0.05) is 12.1 Å². The maximum atomic E-state index is 8.43. The summed E-state index contributed by atoms with van der Waals surface area (Å²) in [4.78, 5) is 0. The molecule has 0 aliphatic heterocycles. The Kier molecular flexibility index (Phi) is 4.85. The molecule has 102 valence electrons. The van der Waals surface area contributed by atoms with E-state index in [1.807, 2.05) is 54.6 Å². The van der Waals surface area contributed by atoms with E-state index in [-0.39, 0.29) is 6.61 Å². The van der Waals surface area contributed by atoms with Gasteiger partial charge in [-0.3, -0.25) is 0 Å². The standard InChI is InChI=1S/C16H16N2O2/c1-19-15-6-2-13(3-7-15)12-18-14-4-8-16(9-5-14)20-11-10-17/h2-9,18H,11-12H2,1H3. The first-order valence-corrected chi connectivity index (χ1v) is 6.28. The fraction of sp³-hybridized carbons (Fsp3) is 0.188. The Labute approximate surface area is 118 Å². The summed E-state index contributed by atoms with van der Waals surface area (Å²) in [6, 6.07) is 17.4. The third-order valence-corrected chi connectivity index (χ3v) is 2.81. The molecule has 0 unspecified atom stereocenters. The Balaban J connectivity index is 1.88. The van der Waals surface area contributed by atoms with Gasteiger partial charge in [-0.25, -0.2) is 0 Å². The summed E-state index contributed by atoms with van der Waals surface area (Å²) in [5, 5.41) is 11.8. The molecule has 2 aromatic carbocycles. The van der Waals surface area contributed by atoms with Gasteiger partial charge in [0.2, 0.25) is 0 Å². The summed E-state index contributed by atoms with van der Waals surface area (Å²) in [5.74, 6) is 1.55. The van der Waals surface area contributed by atoms with Crippen LogP contribution in [0.4, 0.5) is 5.69 Å². The van der Waals surface area contributed by atoms with E-state index in [1.165, 1.54) is 5.56 Å². The van der Waals surface area contributed by atoms with Gasteiger partial charge in [-0.15, -0.1) is 0 Å². The predicted molar refractivity (Wildman–Crippen MR) is 77.9 cm³/mol. The Hall–Kier alpha value is -2.67. The quantitative estimate of drug-likeness (QED) is 0.874. The van der Waals surface area contributed by atoms with Crippen LogP contribution in [0.5, 0.6) is 11.5 Å². The third-order valence-electron chi connectivity index (χ3n) is 2.81. The van der Waals surface area contributed by atoms with Gasteiger partial charge >= 0.3 is 0 Å². The average molecular weight is 268 g/mol. The van der Waals surface area contributed by atoms with E-state index in [0.717, 1.165) is 18.0 Å². The molecule has 0 heterocycles. The number of ether oxygens (including phenoxy) is 2. The van der Waals surface area contributed by atoms with Crippen LogP contribution >= 0.6 is 0 Å². The van der Waals surface area contributed by atoms with Crippen LogP contribution in [0.15, 0.2) is 48.5 Å². The van der Waals surface area contributed by atoms with Crippen LogP contribution in [0.3, 0.4) is 0 Å². The zero-order chi connectivity index (χ0) is 14.2. The number of rotatable bonds is 6. The van der Waals surface area contributed by atoms with Crippen molar-refractivity contribution in [2.75, 3.05) is 19.0 Å². The average Bonchev–Trinajstić information content (AvgIpc) is 2.52. The van der Waals surface area contributed by atoms with Crippen molar-refractivity contribution >= 4 is 5.69 Å². The van der Waals surface area contributed by atoms with Gasteiger partial charge < -0.3 is 14.8 Å². The van der Waals surface area contributed by atoms with E-state index in [4.69, 9.17) is 14.7 Å². The molecular weight excluding hydrogens is 252 g/mol. The maximum absolute atomic E-state index is 8.43. The van der Waals surface area contributed by atoms with Crippen LogP contribution in [-0.2, 0) is 6.54 Å². The molecule has 0 aromatic heterocycles. The highest BCUT2D eigenvalue weighted by Crippen LogP contribution is 2.17. The van der Waals surface area contributed by atoms with Gasteiger partial charge in [0, 0.05) is 12.2 Å². The first-order chi connectivity index (χ1) is 9.81. The van der Waals surface area contributed by atoms with Crippen molar-refractivity contribution in [3.8, 4) is 17.6 Å². The molecule has 0 spiro atoms.